The summed E-state index contributed by atoms with van der Waals surface area (Å²) in [4.78, 5) is 4.88. The Morgan fingerprint density at radius 1 is 1.05 bits per heavy atom. The van der Waals surface area contributed by atoms with E-state index in [0.717, 1.165) is 0 Å². The average molecular weight is 260 g/mol. The first-order valence-corrected chi connectivity index (χ1v) is 7.32. The third-order valence-electron chi connectivity index (χ3n) is 4.94. The first kappa shape index (κ1) is 10.6. The van der Waals surface area contributed by atoms with E-state index in [9.17, 15) is 0 Å². The maximum atomic E-state index is 2.46. The van der Waals surface area contributed by atoms with Crippen LogP contribution in [0.1, 0.15) is 17.9 Å². The van der Waals surface area contributed by atoms with Gasteiger partial charge in [0.05, 0.1) is 5.70 Å². The molecule has 1 aromatic carbocycles. The number of allylic oxidation sites excluding steroid dienone is 4. The molecular formula is C18H16N2. The van der Waals surface area contributed by atoms with Crippen LogP contribution in [0.25, 0.3) is 0 Å². The van der Waals surface area contributed by atoms with E-state index in [1.165, 1.54) is 23.4 Å². The van der Waals surface area contributed by atoms with Crippen LogP contribution >= 0.6 is 0 Å². The number of hydrogen-bond acceptors (Lipinski definition) is 2. The molecule has 4 aliphatic rings. The van der Waals surface area contributed by atoms with Crippen LogP contribution in [0.2, 0.25) is 0 Å². The molecule has 0 bridgehead atoms. The summed E-state index contributed by atoms with van der Waals surface area (Å²) in [6.45, 7) is 0. The third kappa shape index (κ3) is 1.19. The van der Waals surface area contributed by atoms with Crippen molar-refractivity contribution in [1.82, 2.24) is 4.90 Å². The topological polar surface area (TPSA) is 6.48 Å². The number of para-hydroxylation sites is 1. The molecule has 2 nitrogen and oxygen atoms in total. The zero-order chi connectivity index (χ0) is 13.1. The Kier molecular flexibility index (Phi) is 1.93. The predicted molar refractivity (Wildman–Crippen MR) is 80.9 cm³/mol. The molecule has 0 saturated carbocycles. The summed E-state index contributed by atoms with van der Waals surface area (Å²) in [5.74, 6) is 1.22. The van der Waals surface area contributed by atoms with Crippen LogP contribution in [0.15, 0.2) is 72.7 Å². The second-order valence-electron chi connectivity index (χ2n) is 5.89. The minimum atomic E-state index is 0.407. The molecule has 1 aromatic rings. The Labute approximate surface area is 119 Å². The molecule has 98 valence electrons. The first-order valence-electron chi connectivity index (χ1n) is 7.32. The second kappa shape index (κ2) is 3.66. The molecule has 1 aliphatic carbocycles. The summed E-state index contributed by atoms with van der Waals surface area (Å²) >= 11 is 0. The lowest BCUT2D eigenvalue weighted by Crippen LogP contribution is -2.47. The van der Waals surface area contributed by atoms with Gasteiger partial charge in [0, 0.05) is 24.0 Å². The van der Waals surface area contributed by atoms with E-state index < -0.39 is 0 Å². The molecule has 0 amide bonds. The zero-order valence-corrected chi connectivity index (χ0v) is 11.2. The third-order valence-corrected chi connectivity index (χ3v) is 4.94. The largest absolute Gasteiger partial charge is 0.325 e. The van der Waals surface area contributed by atoms with Crippen LogP contribution in [-0.4, -0.2) is 11.1 Å². The maximum Gasteiger partial charge on any atom is 0.117 e. The Hall–Kier alpha value is -2.22. The van der Waals surface area contributed by atoms with Crippen LogP contribution in [0.5, 0.6) is 0 Å². The number of hydrogen-bond donors (Lipinski definition) is 0. The van der Waals surface area contributed by atoms with E-state index in [-0.39, 0.29) is 0 Å². The molecule has 0 spiro atoms. The van der Waals surface area contributed by atoms with Gasteiger partial charge in [0.25, 0.3) is 0 Å². The predicted octanol–water partition coefficient (Wildman–Crippen LogP) is 3.73. The number of rotatable bonds is 0. The fourth-order valence-corrected chi connectivity index (χ4v) is 4.11. The van der Waals surface area contributed by atoms with Crippen LogP contribution < -0.4 is 4.90 Å². The monoisotopic (exact) mass is 260 g/mol. The summed E-state index contributed by atoms with van der Waals surface area (Å²) in [6.07, 6.45) is 17.3. The van der Waals surface area contributed by atoms with Gasteiger partial charge in [0.1, 0.15) is 6.17 Å². The molecule has 3 heterocycles. The molecule has 0 aromatic heterocycles. The van der Waals surface area contributed by atoms with Gasteiger partial charge in [-0.05, 0) is 36.1 Å². The number of fused-ring (bicyclic) bond motifs is 8. The fraction of sp³-hybridized carbons (Fsp3) is 0.222. The molecule has 5 rings (SSSR count). The molecule has 3 aliphatic heterocycles. The normalized spacial score (nSPS) is 31.8. The number of anilines is 1. The molecule has 0 saturated heterocycles. The lowest BCUT2D eigenvalue weighted by Gasteiger charge is -2.44. The summed E-state index contributed by atoms with van der Waals surface area (Å²) in [7, 11) is 0. The standard InChI is InChI=1S/C18H16N2/c1-2-10-17-15(7-1)14-8-5-9-16(14)18-19-11-4-3-6-13(19)12-20(17)18/h1-7,9-12,14,16,18H,8H2. The summed E-state index contributed by atoms with van der Waals surface area (Å²) in [5, 5.41) is 0. The van der Waals surface area contributed by atoms with Crippen molar-refractivity contribution in [2.24, 2.45) is 5.92 Å². The maximum absolute atomic E-state index is 2.46. The highest BCUT2D eigenvalue weighted by atomic mass is 15.4. The Bertz CT molecular complexity index is 695. The highest BCUT2D eigenvalue weighted by molar-refractivity contribution is 5.65. The van der Waals surface area contributed by atoms with Gasteiger partial charge in [0.2, 0.25) is 0 Å². The minimum Gasteiger partial charge on any atom is -0.325 e. The Balaban J connectivity index is 1.72. The second-order valence-corrected chi connectivity index (χ2v) is 5.89. The van der Waals surface area contributed by atoms with Crippen molar-refractivity contribution < 1.29 is 0 Å². The van der Waals surface area contributed by atoms with Crippen LogP contribution in [-0.2, 0) is 0 Å². The Morgan fingerprint density at radius 2 is 2.00 bits per heavy atom. The van der Waals surface area contributed by atoms with Gasteiger partial charge in [-0.2, -0.15) is 0 Å². The van der Waals surface area contributed by atoms with Gasteiger partial charge in [-0.1, -0.05) is 36.4 Å². The molecular weight excluding hydrogens is 244 g/mol. The van der Waals surface area contributed by atoms with Gasteiger partial charge in [0.15, 0.2) is 0 Å². The number of benzene rings is 1. The van der Waals surface area contributed by atoms with Crippen molar-refractivity contribution in [3.63, 3.8) is 0 Å². The molecule has 3 unspecified atom stereocenters. The minimum absolute atomic E-state index is 0.407. The van der Waals surface area contributed by atoms with E-state index in [2.05, 4.69) is 76.8 Å². The van der Waals surface area contributed by atoms with Gasteiger partial charge in [-0.25, -0.2) is 0 Å². The molecule has 20 heavy (non-hydrogen) atoms. The first-order chi connectivity index (χ1) is 9.93. The summed E-state index contributed by atoms with van der Waals surface area (Å²) < 4.78 is 0. The van der Waals surface area contributed by atoms with Gasteiger partial charge in [-0.3, -0.25) is 0 Å². The lowest BCUT2D eigenvalue weighted by atomic mass is 9.81. The Morgan fingerprint density at radius 3 is 3.00 bits per heavy atom. The zero-order valence-electron chi connectivity index (χ0n) is 11.2. The van der Waals surface area contributed by atoms with Crippen molar-refractivity contribution in [3.8, 4) is 0 Å². The van der Waals surface area contributed by atoms with E-state index >= 15 is 0 Å². The van der Waals surface area contributed by atoms with E-state index in [4.69, 9.17) is 0 Å². The van der Waals surface area contributed by atoms with Crippen LogP contribution in [0.4, 0.5) is 5.69 Å². The smallest absolute Gasteiger partial charge is 0.117 e. The van der Waals surface area contributed by atoms with Crippen LogP contribution in [0, 0.1) is 5.92 Å². The van der Waals surface area contributed by atoms with Crippen molar-refractivity contribution in [2.45, 2.75) is 18.5 Å². The SMILES string of the molecule is C1=CC2=CN3c4ccccc4C4CC=CC4C3N2C=C1. The molecule has 2 heteroatoms. The summed E-state index contributed by atoms with van der Waals surface area (Å²) in [6, 6.07) is 8.89. The van der Waals surface area contributed by atoms with Crippen molar-refractivity contribution in [1.29, 1.82) is 0 Å². The highest BCUT2D eigenvalue weighted by Crippen LogP contribution is 2.51. The molecule has 0 fully saturated rings. The fourth-order valence-electron chi connectivity index (χ4n) is 4.11. The van der Waals surface area contributed by atoms with Gasteiger partial charge < -0.3 is 9.80 Å². The lowest BCUT2D eigenvalue weighted by molar-refractivity contribution is 0.272. The quantitative estimate of drug-likeness (QED) is 0.656. The average Bonchev–Trinajstić information content (AvgIpc) is 3.11. The van der Waals surface area contributed by atoms with E-state index in [1.807, 2.05) is 0 Å². The van der Waals surface area contributed by atoms with Gasteiger partial charge in [-0.15, -0.1) is 0 Å². The molecule has 0 radical (unpaired) electrons. The van der Waals surface area contributed by atoms with Crippen LogP contribution in [0.3, 0.4) is 0 Å². The van der Waals surface area contributed by atoms with Crippen molar-refractivity contribution >= 4 is 5.69 Å². The van der Waals surface area contributed by atoms with E-state index in [1.54, 1.807) is 0 Å². The van der Waals surface area contributed by atoms with Crippen molar-refractivity contribution in [2.75, 3.05) is 4.90 Å². The van der Waals surface area contributed by atoms with E-state index in [0.29, 0.717) is 18.0 Å². The van der Waals surface area contributed by atoms with Gasteiger partial charge >= 0.3 is 0 Å². The molecule has 0 N–H and O–H groups in total. The summed E-state index contributed by atoms with van der Waals surface area (Å²) in [5.41, 5.74) is 4.18. The molecule has 3 atom stereocenters. The highest BCUT2D eigenvalue weighted by Gasteiger charge is 2.46. The van der Waals surface area contributed by atoms with Crippen molar-refractivity contribution in [3.05, 3.63) is 78.3 Å². The number of nitrogens with zero attached hydrogens (tertiary/aromatic N) is 2.